The van der Waals surface area contributed by atoms with Crippen molar-refractivity contribution in [1.82, 2.24) is 20.0 Å². The van der Waals surface area contributed by atoms with Crippen LogP contribution in [0.2, 0.25) is 0 Å². The molecule has 0 spiro atoms. The van der Waals surface area contributed by atoms with Crippen molar-refractivity contribution in [1.29, 1.82) is 0 Å². The quantitative estimate of drug-likeness (QED) is 0.629. The standard InChI is InChI=1S/C18H37N5/c1-15-6-8-16(9-7-15)13-23(5)18(19-2)20-12-17-14-21(3)10-11-22(17)4/h15-17H,6-14H2,1-5H3,(H,19,20). The molecule has 1 aliphatic heterocycles. The highest BCUT2D eigenvalue weighted by Crippen LogP contribution is 2.28. The lowest BCUT2D eigenvalue weighted by molar-refractivity contribution is 0.116. The summed E-state index contributed by atoms with van der Waals surface area (Å²) in [5, 5.41) is 3.60. The van der Waals surface area contributed by atoms with Crippen LogP contribution in [0.25, 0.3) is 0 Å². The summed E-state index contributed by atoms with van der Waals surface area (Å²) in [6, 6.07) is 0.564. The second kappa shape index (κ2) is 8.88. The van der Waals surface area contributed by atoms with Gasteiger partial charge in [-0.15, -0.1) is 0 Å². The van der Waals surface area contributed by atoms with Gasteiger partial charge in [-0.05, 0) is 38.8 Å². The predicted octanol–water partition coefficient (Wildman–Crippen LogP) is 1.57. The minimum atomic E-state index is 0.564. The van der Waals surface area contributed by atoms with Crippen molar-refractivity contribution < 1.29 is 0 Å². The topological polar surface area (TPSA) is 34.1 Å². The number of hydrogen-bond acceptors (Lipinski definition) is 3. The molecule has 134 valence electrons. The summed E-state index contributed by atoms with van der Waals surface area (Å²) in [6.45, 7) is 7.94. The second-order valence-corrected chi connectivity index (χ2v) is 7.83. The molecular weight excluding hydrogens is 286 g/mol. The monoisotopic (exact) mass is 323 g/mol. The molecule has 0 aromatic heterocycles. The average molecular weight is 324 g/mol. The number of rotatable bonds is 4. The molecule has 2 aliphatic rings. The van der Waals surface area contributed by atoms with Crippen LogP contribution in [0.4, 0.5) is 0 Å². The molecule has 2 fully saturated rings. The minimum Gasteiger partial charge on any atom is -0.355 e. The Morgan fingerprint density at radius 2 is 1.87 bits per heavy atom. The lowest BCUT2D eigenvalue weighted by Gasteiger charge is -2.38. The Morgan fingerprint density at radius 1 is 1.17 bits per heavy atom. The van der Waals surface area contributed by atoms with E-state index in [0.717, 1.165) is 44.0 Å². The van der Waals surface area contributed by atoms with Crippen molar-refractivity contribution in [3.8, 4) is 0 Å². The molecule has 0 bridgehead atoms. The van der Waals surface area contributed by atoms with Gasteiger partial charge in [-0.1, -0.05) is 19.8 Å². The van der Waals surface area contributed by atoms with Crippen LogP contribution in [-0.2, 0) is 0 Å². The van der Waals surface area contributed by atoms with Crippen LogP contribution in [0, 0.1) is 11.8 Å². The molecule has 1 N–H and O–H groups in total. The van der Waals surface area contributed by atoms with E-state index in [9.17, 15) is 0 Å². The maximum absolute atomic E-state index is 4.50. The molecule has 1 aliphatic carbocycles. The summed E-state index contributed by atoms with van der Waals surface area (Å²) in [4.78, 5) is 11.7. The van der Waals surface area contributed by atoms with Crippen molar-refractivity contribution in [3.63, 3.8) is 0 Å². The van der Waals surface area contributed by atoms with Gasteiger partial charge in [0.25, 0.3) is 0 Å². The lowest BCUT2D eigenvalue weighted by Crippen LogP contribution is -2.55. The van der Waals surface area contributed by atoms with Crippen molar-refractivity contribution in [2.24, 2.45) is 16.8 Å². The molecule has 5 nitrogen and oxygen atoms in total. The minimum absolute atomic E-state index is 0.564. The molecule has 2 rings (SSSR count). The van der Waals surface area contributed by atoms with Gasteiger partial charge >= 0.3 is 0 Å². The number of piperazine rings is 1. The Morgan fingerprint density at radius 3 is 2.52 bits per heavy atom. The van der Waals surface area contributed by atoms with E-state index in [4.69, 9.17) is 0 Å². The van der Waals surface area contributed by atoms with Crippen molar-refractivity contribution >= 4 is 5.96 Å². The normalized spacial score (nSPS) is 31.2. The van der Waals surface area contributed by atoms with Gasteiger partial charge in [-0.25, -0.2) is 0 Å². The molecular formula is C18H37N5. The fourth-order valence-corrected chi connectivity index (χ4v) is 3.90. The maximum atomic E-state index is 4.50. The summed E-state index contributed by atoms with van der Waals surface area (Å²) in [7, 11) is 8.53. The predicted molar refractivity (Wildman–Crippen MR) is 99.0 cm³/mol. The third kappa shape index (κ3) is 5.64. The first-order valence-electron chi connectivity index (χ1n) is 9.30. The van der Waals surface area contributed by atoms with Gasteiger partial charge in [0.15, 0.2) is 5.96 Å². The molecule has 23 heavy (non-hydrogen) atoms. The fourth-order valence-electron chi connectivity index (χ4n) is 3.90. The zero-order valence-electron chi connectivity index (χ0n) is 15.9. The molecule has 1 unspecified atom stereocenters. The van der Waals surface area contributed by atoms with Gasteiger partial charge in [-0.3, -0.25) is 9.89 Å². The Bertz CT molecular complexity index is 376. The Hall–Kier alpha value is -0.810. The first-order chi connectivity index (χ1) is 11.0. The number of likely N-dealkylation sites (N-methyl/N-ethyl adjacent to an activating group) is 2. The van der Waals surface area contributed by atoms with E-state index in [0.29, 0.717) is 6.04 Å². The highest BCUT2D eigenvalue weighted by Gasteiger charge is 2.24. The number of hydrogen-bond donors (Lipinski definition) is 1. The van der Waals surface area contributed by atoms with E-state index >= 15 is 0 Å². The van der Waals surface area contributed by atoms with E-state index < -0.39 is 0 Å². The molecule has 0 radical (unpaired) electrons. The first kappa shape index (κ1) is 18.5. The van der Waals surface area contributed by atoms with Crippen LogP contribution in [0.15, 0.2) is 4.99 Å². The maximum Gasteiger partial charge on any atom is 0.193 e. The van der Waals surface area contributed by atoms with Gasteiger partial charge < -0.3 is 15.1 Å². The summed E-state index contributed by atoms with van der Waals surface area (Å²) >= 11 is 0. The van der Waals surface area contributed by atoms with Crippen molar-refractivity contribution in [2.75, 3.05) is 60.9 Å². The molecule has 1 saturated carbocycles. The average Bonchev–Trinajstić information content (AvgIpc) is 2.53. The van der Waals surface area contributed by atoms with Crippen LogP contribution in [0.5, 0.6) is 0 Å². The zero-order valence-corrected chi connectivity index (χ0v) is 15.9. The third-order valence-corrected chi connectivity index (χ3v) is 5.72. The third-order valence-electron chi connectivity index (χ3n) is 5.72. The van der Waals surface area contributed by atoms with Crippen LogP contribution in [-0.4, -0.2) is 87.6 Å². The number of guanidine groups is 1. The van der Waals surface area contributed by atoms with Crippen LogP contribution >= 0.6 is 0 Å². The summed E-state index contributed by atoms with van der Waals surface area (Å²) in [5.41, 5.74) is 0. The molecule has 5 heteroatoms. The van der Waals surface area contributed by atoms with Crippen LogP contribution in [0.3, 0.4) is 0 Å². The van der Waals surface area contributed by atoms with E-state index in [2.05, 4.69) is 53.1 Å². The highest BCUT2D eigenvalue weighted by molar-refractivity contribution is 5.79. The Balaban J connectivity index is 1.77. The van der Waals surface area contributed by atoms with Crippen molar-refractivity contribution in [3.05, 3.63) is 0 Å². The Kier molecular flexibility index (Phi) is 7.15. The fraction of sp³-hybridized carbons (Fsp3) is 0.944. The first-order valence-corrected chi connectivity index (χ1v) is 9.30. The molecule has 1 atom stereocenters. The number of aliphatic imine (C=N–C) groups is 1. The second-order valence-electron chi connectivity index (χ2n) is 7.83. The van der Waals surface area contributed by atoms with Gasteiger partial charge in [0, 0.05) is 52.9 Å². The molecule has 1 saturated heterocycles. The SMILES string of the molecule is CN=C(NCC1CN(C)CCN1C)N(C)CC1CCC(C)CC1. The summed E-state index contributed by atoms with van der Waals surface area (Å²) in [5.74, 6) is 2.80. The van der Waals surface area contributed by atoms with Gasteiger partial charge in [0.1, 0.15) is 0 Å². The number of nitrogens with zero attached hydrogens (tertiary/aromatic N) is 4. The van der Waals surface area contributed by atoms with Crippen molar-refractivity contribution in [2.45, 2.75) is 38.6 Å². The Labute approximate surface area is 143 Å². The molecule has 0 amide bonds. The molecule has 0 aromatic rings. The molecule has 1 heterocycles. The lowest BCUT2D eigenvalue weighted by atomic mass is 9.83. The smallest absolute Gasteiger partial charge is 0.193 e. The van der Waals surface area contributed by atoms with Gasteiger partial charge in [-0.2, -0.15) is 0 Å². The van der Waals surface area contributed by atoms with Crippen LogP contribution < -0.4 is 5.32 Å². The van der Waals surface area contributed by atoms with Gasteiger partial charge in [0.05, 0.1) is 0 Å². The highest BCUT2D eigenvalue weighted by atomic mass is 15.3. The van der Waals surface area contributed by atoms with E-state index in [-0.39, 0.29) is 0 Å². The van der Waals surface area contributed by atoms with E-state index in [1.165, 1.54) is 32.2 Å². The van der Waals surface area contributed by atoms with E-state index in [1.807, 2.05) is 7.05 Å². The number of nitrogens with one attached hydrogen (secondary N) is 1. The van der Waals surface area contributed by atoms with Gasteiger partial charge in [0.2, 0.25) is 0 Å². The van der Waals surface area contributed by atoms with E-state index in [1.54, 1.807) is 0 Å². The largest absolute Gasteiger partial charge is 0.355 e. The molecule has 0 aromatic carbocycles. The zero-order chi connectivity index (χ0) is 16.8. The van der Waals surface area contributed by atoms with Crippen LogP contribution in [0.1, 0.15) is 32.6 Å². The summed E-state index contributed by atoms with van der Waals surface area (Å²) < 4.78 is 0. The summed E-state index contributed by atoms with van der Waals surface area (Å²) in [6.07, 6.45) is 5.53.